The molecule has 0 aliphatic heterocycles. The molecule has 0 atom stereocenters. The van der Waals surface area contributed by atoms with Gasteiger partial charge in [-0.25, -0.2) is 0 Å². The maximum absolute atomic E-state index is 5.59. The third-order valence-electron chi connectivity index (χ3n) is 4.85. The Morgan fingerprint density at radius 1 is 0.710 bits per heavy atom. The second-order valence-electron chi connectivity index (χ2n) is 6.96. The quantitative estimate of drug-likeness (QED) is 0.231. The van der Waals surface area contributed by atoms with Crippen LogP contribution in [0.4, 0.5) is 5.69 Å². The highest BCUT2D eigenvalue weighted by atomic mass is 31.1. The molecule has 3 nitrogen and oxygen atoms in total. The summed E-state index contributed by atoms with van der Waals surface area (Å²) in [4.78, 5) is 5.10. The third-order valence-corrected chi connectivity index (χ3v) is 7.15. The van der Waals surface area contributed by atoms with Gasteiger partial charge in [0.2, 0.25) is 0 Å². The highest BCUT2D eigenvalue weighted by Crippen LogP contribution is 2.37. The molecule has 31 heavy (non-hydrogen) atoms. The lowest BCUT2D eigenvalue weighted by molar-refractivity contribution is 0.417. The normalized spacial score (nSPS) is 11.4. The first kappa shape index (κ1) is 20.8. The number of aliphatic imine (C=N–C) groups is 1. The predicted molar refractivity (Wildman–Crippen MR) is 133 cm³/mol. The van der Waals surface area contributed by atoms with Gasteiger partial charge in [-0.2, -0.15) is 0 Å². The van der Waals surface area contributed by atoms with Gasteiger partial charge in [-0.1, -0.05) is 103 Å². The maximum Gasteiger partial charge on any atom is 0.142 e. The standard InChI is InChI=1S/C27H25N2OP/c1-30-26-20-12-11-19-25(26)29-27(28-21-22-13-5-2-6-14-22)31(23-15-7-3-8-16-23)24-17-9-4-10-18-24/h2-20H,21H2,1H3,(H,28,29). The number of nitrogens with one attached hydrogen (secondary N) is 1. The van der Waals surface area contributed by atoms with Crippen molar-refractivity contribution in [3.8, 4) is 5.75 Å². The van der Waals surface area contributed by atoms with Gasteiger partial charge in [0.05, 0.1) is 19.3 Å². The minimum absolute atomic E-state index is 0.608. The van der Waals surface area contributed by atoms with Crippen LogP contribution in [0, 0.1) is 0 Å². The molecule has 4 rings (SSSR count). The molecule has 4 aromatic carbocycles. The number of methoxy groups -OCH3 is 1. The number of anilines is 1. The number of ether oxygens (including phenoxy) is 1. The van der Waals surface area contributed by atoms with Crippen molar-refractivity contribution in [3.05, 3.63) is 121 Å². The Labute approximate surface area is 185 Å². The first-order valence-corrected chi connectivity index (χ1v) is 11.6. The van der Waals surface area contributed by atoms with E-state index in [1.165, 1.54) is 16.2 Å². The number of benzene rings is 4. The van der Waals surface area contributed by atoms with Crippen molar-refractivity contribution in [2.45, 2.75) is 6.54 Å². The lowest BCUT2D eigenvalue weighted by atomic mass is 10.2. The van der Waals surface area contributed by atoms with E-state index in [-0.39, 0.29) is 0 Å². The molecule has 0 heterocycles. The highest BCUT2D eigenvalue weighted by Gasteiger charge is 2.21. The van der Waals surface area contributed by atoms with Gasteiger partial charge in [-0.05, 0) is 28.3 Å². The van der Waals surface area contributed by atoms with Crippen molar-refractivity contribution >= 4 is 29.8 Å². The molecule has 0 spiro atoms. The third kappa shape index (κ3) is 5.39. The summed E-state index contributed by atoms with van der Waals surface area (Å²) in [6.45, 7) is 0.608. The molecule has 0 bridgehead atoms. The monoisotopic (exact) mass is 424 g/mol. The van der Waals surface area contributed by atoms with E-state index in [4.69, 9.17) is 9.73 Å². The molecule has 0 aromatic heterocycles. The molecule has 4 heteroatoms. The van der Waals surface area contributed by atoms with Gasteiger partial charge in [0.25, 0.3) is 0 Å². The average Bonchev–Trinajstić information content (AvgIpc) is 2.85. The summed E-state index contributed by atoms with van der Waals surface area (Å²) in [6, 6.07) is 39.5. The Hall–Kier alpha value is -3.42. The molecule has 0 aliphatic rings. The van der Waals surface area contributed by atoms with Gasteiger partial charge in [0, 0.05) is 7.92 Å². The fraction of sp³-hybridized carbons (Fsp3) is 0.0741. The molecule has 154 valence electrons. The molecule has 0 fully saturated rings. The molecule has 4 aromatic rings. The lowest BCUT2D eigenvalue weighted by Gasteiger charge is -2.23. The highest BCUT2D eigenvalue weighted by molar-refractivity contribution is 7.88. The zero-order valence-electron chi connectivity index (χ0n) is 17.5. The Kier molecular flexibility index (Phi) is 7.10. The van der Waals surface area contributed by atoms with Crippen LogP contribution in [-0.2, 0) is 6.54 Å². The van der Waals surface area contributed by atoms with Crippen LogP contribution in [-0.4, -0.2) is 12.7 Å². The molecule has 0 saturated carbocycles. The topological polar surface area (TPSA) is 33.6 Å². The summed E-state index contributed by atoms with van der Waals surface area (Å²) in [7, 11) is 0.825. The van der Waals surface area contributed by atoms with Crippen LogP contribution in [0.2, 0.25) is 0 Å². The smallest absolute Gasteiger partial charge is 0.142 e. The second kappa shape index (κ2) is 10.6. The van der Waals surface area contributed by atoms with E-state index in [1.807, 2.05) is 30.3 Å². The van der Waals surface area contributed by atoms with Crippen molar-refractivity contribution in [1.82, 2.24) is 0 Å². The molecule has 0 aliphatic carbocycles. The largest absolute Gasteiger partial charge is 0.495 e. The first-order valence-electron chi connectivity index (χ1n) is 10.2. The van der Waals surface area contributed by atoms with Gasteiger partial charge in [0.15, 0.2) is 0 Å². The van der Waals surface area contributed by atoms with E-state index in [0.717, 1.165) is 17.0 Å². The Bertz CT molecular complexity index is 1080. The molecular weight excluding hydrogens is 399 g/mol. The number of hydrogen-bond donors (Lipinski definition) is 1. The van der Waals surface area contributed by atoms with Gasteiger partial charge in [0.1, 0.15) is 11.3 Å². The zero-order valence-corrected chi connectivity index (χ0v) is 18.4. The summed E-state index contributed by atoms with van der Waals surface area (Å²) < 4.78 is 5.59. The number of rotatable bonds is 7. The number of hydrogen-bond acceptors (Lipinski definition) is 2. The van der Waals surface area contributed by atoms with E-state index < -0.39 is 7.92 Å². The summed E-state index contributed by atoms with van der Waals surface area (Å²) in [5.41, 5.74) is 3.04. The molecular formula is C27H25N2OP. The summed E-state index contributed by atoms with van der Waals surface area (Å²) >= 11 is 0. The Balaban J connectivity index is 1.80. The molecule has 1 N–H and O–H groups in total. The van der Waals surface area contributed by atoms with Crippen LogP contribution in [0.25, 0.3) is 0 Å². The van der Waals surface area contributed by atoms with Crippen LogP contribution in [0.15, 0.2) is 120 Å². The van der Waals surface area contributed by atoms with Crippen molar-refractivity contribution in [1.29, 1.82) is 0 Å². The fourth-order valence-electron chi connectivity index (χ4n) is 3.33. The van der Waals surface area contributed by atoms with E-state index in [0.29, 0.717) is 6.54 Å². The van der Waals surface area contributed by atoms with Gasteiger partial charge in [-0.15, -0.1) is 0 Å². The molecule has 0 unspecified atom stereocenters. The predicted octanol–water partition coefficient (Wildman–Crippen LogP) is 5.80. The summed E-state index contributed by atoms with van der Waals surface area (Å²) in [5, 5.41) is 6.12. The second-order valence-corrected chi connectivity index (χ2v) is 9.08. The first-order chi connectivity index (χ1) is 15.3. The number of para-hydroxylation sites is 2. The van der Waals surface area contributed by atoms with Crippen LogP contribution in [0.3, 0.4) is 0 Å². The van der Waals surface area contributed by atoms with E-state index in [2.05, 4.69) is 90.2 Å². The van der Waals surface area contributed by atoms with Crippen molar-refractivity contribution in [2.75, 3.05) is 12.4 Å². The number of amidine groups is 1. The summed E-state index contributed by atoms with van der Waals surface area (Å²) in [5.74, 6) is 0.797. The Morgan fingerprint density at radius 2 is 1.23 bits per heavy atom. The lowest BCUT2D eigenvalue weighted by Crippen LogP contribution is -2.24. The van der Waals surface area contributed by atoms with Gasteiger partial charge >= 0.3 is 0 Å². The number of nitrogens with zero attached hydrogens (tertiary/aromatic N) is 1. The van der Waals surface area contributed by atoms with E-state index in [1.54, 1.807) is 7.11 Å². The fourth-order valence-corrected chi connectivity index (χ4v) is 5.50. The van der Waals surface area contributed by atoms with Crippen molar-refractivity contribution in [2.24, 2.45) is 4.99 Å². The molecule has 0 saturated heterocycles. The maximum atomic E-state index is 5.59. The van der Waals surface area contributed by atoms with E-state index in [9.17, 15) is 0 Å². The molecule has 0 amide bonds. The van der Waals surface area contributed by atoms with Crippen molar-refractivity contribution < 1.29 is 4.74 Å². The van der Waals surface area contributed by atoms with Crippen LogP contribution >= 0.6 is 7.92 Å². The summed E-state index contributed by atoms with van der Waals surface area (Å²) in [6.07, 6.45) is 0. The van der Waals surface area contributed by atoms with E-state index >= 15 is 0 Å². The minimum Gasteiger partial charge on any atom is -0.495 e. The average molecular weight is 424 g/mol. The minimum atomic E-state index is -0.868. The Morgan fingerprint density at radius 3 is 1.81 bits per heavy atom. The van der Waals surface area contributed by atoms with Gasteiger partial charge < -0.3 is 10.1 Å². The SMILES string of the molecule is COc1ccccc1NC(=NCc1ccccc1)P(c1ccccc1)c1ccccc1. The van der Waals surface area contributed by atoms with Crippen LogP contribution in [0.1, 0.15) is 5.56 Å². The van der Waals surface area contributed by atoms with Gasteiger partial charge in [-0.3, -0.25) is 4.99 Å². The molecule has 0 radical (unpaired) electrons. The zero-order chi connectivity index (χ0) is 21.3. The van der Waals surface area contributed by atoms with Crippen LogP contribution < -0.4 is 20.7 Å². The van der Waals surface area contributed by atoms with Crippen molar-refractivity contribution in [3.63, 3.8) is 0 Å². The van der Waals surface area contributed by atoms with Crippen LogP contribution in [0.5, 0.6) is 5.75 Å².